The van der Waals surface area contributed by atoms with Gasteiger partial charge in [-0.15, -0.1) is 11.3 Å². The first-order valence-corrected chi connectivity index (χ1v) is 13.8. The normalized spacial score (nSPS) is 16.3. The van der Waals surface area contributed by atoms with E-state index in [-0.39, 0.29) is 11.7 Å². The van der Waals surface area contributed by atoms with E-state index >= 15 is 0 Å². The van der Waals surface area contributed by atoms with Crippen LogP contribution < -0.4 is 5.32 Å². The number of nitrogens with zero attached hydrogens (tertiary/aromatic N) is 2. The molecule has 192 valence electrons. The Kier molecular flexibility index (Phi) is 8.23. The number of hydrogen-bond acceptors (Lipinski definition) is 6. The van der Waals surface area contributed by atoms with Gasteiger partial charge >= 0.3 is 0 Å². The van der Waals surface area contributed by atoms with Gasteiger partial charge in [-0.1, -0.05) is 36.4 Å². The van der Waals surface area contributed by atoms with E-state index in [0.717, 1.165) is 62.3 Å². The molecule has 2 aliphatic rings. The summed E-state index contributed by atoms with van der Waals surface area (Å²) >= 11 is 1.73. The van der Waals surface area contributed by atoms with Crippen molar-refractivity contribution in [2.75, 3.05) is 32.7 Å². The first-order valence-electron chi connectivity index (χ1n) is 12.9. The molecule has 37 heavy (non-hydrogen) atoms. The van der Waals surface area contributed by atoms with Crippen LogP contribution in [0.15, 0.2) is 84.7 Å². The monoisotopic (exact) mass is 515 g/mol. The van der Waals surface area contributed by atoms with Crippen molar-refractivity contribution in [2.45, 2.75) is 25.2 Å². The first-order chi connectivity index (χ1) is 18.2. The maximum Gasteiger partial charge on any atom is 0.251 e. The van der Waals surface area contributed by atoms with Crippen LogP contribution in [0.25, 0.3) is 5.76 Å². The van der Waals surface area contributed by atoms with E-state index < -0.39 is 0 Å². The summed E-state index contributed by atoms with van der Waals surface area (Å²) in [5.41, 5.74) is 2.84. The Balaban J connectivity index is 1.12. The molecule has 1 aromatic heterocycles. The molecule has 5 rings (SSSR count). The number of hydrogen-bond donors (Lipinski definition) is 2. The minimum Gasteiger partial charge on any atom is -0.508 e. The molecule has 0 atom stereocenters. The summed E-state index contributed by atoms with van der Waals surface area (Å²) in [5.74, 6) is 1.38. The van der Waals surface area contributed by atoms with Gasteiger partial charge in [0.15, 0.2) is 0 Å². The predicted octanol–water partition coefficient (Wildman–Crippen LogP) is 5.41. The average molecular weight is 516 g/mol. The third-order valence-corrected chi connectivity index (χ3v) is 7.94. The lowest BCUT2D eigenvalue weighted by Crippen LogP contribution is -2.38. The molecule has 6 nitrogen and oxygen atoms in total. The summed E-state index contributed by atoms with van der Waals surface area (Å²) in [6, 6.07) is 19.3. The van der Waals surface area contributed by atoms with Gasteiger partial charge in [-0.05, 0) is 73.5 Å². The number of nitrogens with one attached hydrogen (secondary N) is 1. The van der Waals surface area contributed by atoms with Crippen LogP contribution in [-0.4, -0.2) is 53.5 Å². The van der Waals surface area contributed by atoms with Crippen LogP contribution in [0.4, 0.5) is 0 Å². The number of phenolic OH excluding ortho intramolecular Hbond substituents is 1. The first kappa shape index (κ1) is 25.1. The fourth-order valence-electron chi connectivity index (χ4n) is 4.98. The van der Waals surface area contributed by atoms with Gasteiger partial charge in [-0.25, -0.2) is 0 Å². The number of rotatable bonds is 9. The van der Waals surface area contributed by atoms with Gasteiger partial charge in [0.2, 0.25) is 0 Å². The third kappa shape index (κ3) is 6.61. The highest BCUT2D eigenvalue weighted by Crippen LogP contribution is 2.31. The van der Waals surface area contributed by atoms with E-state index in [1.807, 2.05) is 48.8 Å². The lowest BCUT2D eigenvalue weighted by Gasteiger charge is -2.34. The van der Waals surface area contributed by atoms with Crippen molar-refractivity contribution in [1.82, 2.24) is 15.1 Å². The highest BCUT2D eigenvalue weighted by molar-refractivity contribution is 7.09. The van der Waals surface area contributed by atoms with Crippen LogP contribution >= 0.6 is 11.3 Å². The van der Waals surface area contributed by atoms with Gasteiger partial charge < -0.3 is 25.0 Å². The predicted molar refractivity (Wildman–Crippen MR) is 148 cm³/mol. The molecule has 2 aliphatic heterocycles. The number of amides is 1. The van der Waals surface area contributed by atoms with Crippen molar-refractivity contribution in [3.63, 3.8) is 0 Å². The van der Waals surface area contributed by atoms with Crippen LogP contribution in [0.1, 0.15) is 45.1 Å². The molecule has 1 fully saturated rings. The smallest absolute Gasteiger partial charge is 0.251 e. The summed E-state index contributed by atoms with van der Waals surface area (Å²) in [6.45, 7) is 4.48. The van der Waals surface area contributed by atoms with Crippen LogP contribution in [-0.2, 0) is 11.2 Å². The Morgan fingerprint density at radius 2 is 1.92 bits per heavy atom. The second-order valence-electron chi connectivity index (χ2n) is 9.47. The summed E-state index contributed by atoms with van der Waals surface area (Å²) in [6.07, 6.45) is 8.56. The molecule has 0 spiro atoms. The topological polar surface area (TPSA) is 65.0 Å². The molecular formula is C30H33N3O3S. The van der Waals surface area contributed by atoms with Gasteiger partial charge in [0.1, 0.15) is 17.8 Å². The Morgan fingerprint density at radius 3 is 2.73 bits per heavy atom. The van der Waals surface area contributed by atoms with E-state index in [4.69, 9.17) is 4.74 Å². The van der Waals surface area contributed by atoms with Crippen molar-refractivity contribution in [2.24, 2.45) is 0 Å². The second-order valence-corrected chi connectivity index (χ2v) is 10.5. The van der Waals surface area contributed by atoms with Gasteiger partial charge in [-0.2, -0.15) is 0 Å². The standard InChI is InChI=1S/C30H33N3O3S/c34-25-6-3-5-24(21-25)29-22-33(18-19-36-29)17-16-32-14-11-23(12-15-32)27-8-1-2-9-28(27)30(35)31-13-10-26-7-4-20-37-26/h1-9,18-23,34H,10-17H2,(H,31,35). The van der Waals surface area contributed by atoms with Crippen LogP contribution in [0.3, 0.4) is 0 Å². The molecule has 0 bridgehead atoms. The van der Waals surface area contributed by atoms with Crippen LogP contribution in [0, 0.1) is 0 Å². The van der Waals surface area contributed by atoms with Crippen LogP contribution in [0.5, 0.6) is 5.75 Å². The fraction of sp³-hybridized carbons (Fsp3) is 0.300. The molecule has 1 saturated heterocycles. The van der Waals surface area contributed by atoms with E-state index in [9.17, 15) is 9.90 Å². The Hall–Kier alpha value is -3.55. The number of aromatic hydroxyl groups is 1. The van der Waals surface area contributed by atoms with Crippen molar-refractivity contribution in [1.29, 1.82) is 0 Å². The van der Waals surface area contributed by atoms with E-state index in [1.165, 1.54) is 10.4 Å². The number of piperidine rings is 1. The molecule has 0 saturated carbocycles. The zero-order valence-corrected chi connectivity index (χ0v) is 21.7. The lowest BCUT2D eigenvalue weighted by atomic mass is 9.86. The maximum atomic E-state index is 13.0. The average Bonchev–Trinajstić information content (AvgIpc) is 3.46. The summed E-state index contributed by atoms with van der Waals surface area (Å²) in [7, 11) is 0. The number of carbonyl (C=O) groups excluding carboxylic acids is 1. The largest absolute Gasteiger partial charge is 0.508 e. The summed E-state index contributed by atoms with van der Waals surface area (Å²) < 4.78 is 5.66. The van der Waals surface area contributed by atoms with Gasteiger partial charge in [0.05, 0.1) is 0 Å². The highest BCUT2D eigenvalue weighted by atomic mass is 32.1. The second kappa shape index (κ2) is 12.1. The number of likely N-dealkylation sites (tertiary alicyclic amines) is 1. The highest BCUT2D eigenvalue weighted by Gasteiger charge is 2.24. The van der Waals surface area contributed by atoms with Gasteiger partial charge in [-0.3, -0.25) is 4.79 Å². The van der Waals surface area contributed by atoms with Crippen molar-refractivity contribution >= 4 is 23.0 Å². The zero-order valence-electron chi connectivity index (χ0n) is 20.9. The molecule has 2 N–H and O–H groups in total. The molecule has 2 aromatic carbocycles. The van der Waals surface area contributed by atoms with E-state index in [2.05, 4.69) is 32.6 Å². The SMILES string of the molecule is O=C(NCCc1cccs1)c1ccccc1C1CCN(CCN2C=COC(c3cccc(O)c3)=C2)CC1. The third-order valence-electron chi connectivity index (χ3n) is 7.01. The number of carbonyl (C=O) groups is 1. The molecule has 1 amide bonds. The zero-order chi connectivity index (χ0) is 25.5. The number of thiophene rings is 1. The lowest BCUT2D eigenvalue weighted by molar-refractivity contribution is 0.0952. The number of phenols is 1. The Labute approximate surface area is 222 Å². The van der Waals surface area contributed by atoms with Crippen molar-refractivity contribution in [3.05, 3.63) is 106 Å². The summed E-state index contributed by atoms with van der Waals surface area (Å²) in [5, 5.41) is 15.0. The molecule has 7 heteroatoms. The summed E-state index contributed by atoms with van der Waals surface area (Å²) in [4.78, 5) is 18.9. The quantitative estimate of drug-likeness (QED) is 0.399. The molecule has 3 aromatic rings. The molecule has 0 aliphatic carbocycles. The minimum absolute atomic E-state index is 0.0306. The fourth-order valence-corrected chi connectivity index (χ4v) is 5.69. The molecule has 0 radical (unpaired) electrons. The van der Waals surface area contributed by atoms with Gasteiger partial charge in [0.25, 0.3) is 5.91 Å². The van der Waals surface area contributed by atoms with E-state index in [1.54, 1.807) is 29.7 Å². The number of benzene rings is 2. The molecular weight excluding hydrogens is 482 g/mol. The Bertz CT molecular complexity index is 1250. The minimum atomic E-state index is 0.0306. The van der Waals surface area contributed by atoms with Crippen molar-refractivity contribution in [3.8, 4) is 5.75 Å². The molecule has 0 unspecified atom stereocenters. The Morgan fingerprint density at radius 1 is 1.05 bits per heavy atom. The van der Waals surface area contributed by atoms with Crippen LogP contribution in [0.2, 0.25) is 0 Å². The van der Waals surface area contributed by atoms with Gasteiger partial charge in [0, 0.05) is 48.0 Å². The van der Waals surface area contributed by atoms with Crippen molar-refractivity contribution < 1.29 is 14.6 Å². The maximum absolute atomic E-state index is 13.0. The van der Waals surface area contributed by atoms with E-state index in [0.29, 0.717) is 12.5 Å². The number of ether oxygens (including phenoxy) is 1. The molecule has 3 heterocycles.